The lowest BCUT2D eigenvalue weighted by atomic mass is 10.1. The molecule has 1 aliphatic heterocycles. The fraction of sp³-hybridized carbons (Fsp3) is 0.261. The minimum absolute atomic E-state index is 0. The van der Waals surface area contributed by atoms with E-state index >= 15 is 0 Å². The second kappa shape index (κ2) is 8.64. The highest BCUT2D eigenvalue weighted by atomic mass is 35.5. The number of nitrogens with zero attached hydrogens (tertiary/aromatic N) is 4. The number of aromatic nitrogens is 4. The number of benzene rings is 1. The summed E-state index contributed by atoms with van der Waals surface area (Å²) in [6, 6.07) is 8.99. The first-order valence-corrected chi connectivity index (χ1v) is 10.3. The summed E-state index contributed by atoms with van der Waals surface area (Å²) in [5, 5.41) is 4.63. The smallest absolute Gasteiger partial charge is 0.347 e. The van der Waals surface area contributed by atoms with Crippen molar-refractivity contribution in [1.82, 2.24) is 24.4 Å². The average Bonchev–Trinajstić information content (AvgIpc) is 2.93. The van der Waals surface area contributed by atoms with Crippen molar-refractivity contribution in [2.45, 2.75) is 25.6 Å². The molecule has 0 aliphatic carbocycles. The molecule has 3 aromatic heterocycles. The van der Waals surface area contributed by atoms with Crippen LogP contribution in [0.25, 0.3) is 27.7 Å². The van der Waals surface area contributed by atoms with Crippen molar-refractivity contribution >= 4 is 23.3 Å². The van der Waals surface area contributed by atoms with Crippen LogP contribution in [-0.2, 0) is 26.2 Å². The Balaban J connectivity index is 0.00000259. The first kappa shape index (κ1) is 23.0. The van der Waals surface area contributed by atoms with E-state index in [1.54, 1.807) is 12.3 Å². The Kier molecular flexibility index (Phi) is 6.02. The van der Waals surface area contributed by atoms with Crippen LogP contribution in [0.2, 0.25) is 0 Å². The molecule has 0 saturated heterocycles. The van der Waals surface area contributed by atoms with E-state index < -0.39 is 12.0 Å². The zero-order valence-corrected chi connectivity index (χ0v) is 18.5. The van der Waals surface area contributed by atoms with Crippen LogP contribution in [0.1, 0.15) is 23.5 Å². The van der Waals surface area contributed by atoms with Gasteiger partial charge in [0.25, 0.3) is 5.56 Å². The van der Waals surface area contributed by atoms with Gasteiger partial charge in [-0.1, -0.05) is 6.07 Å². The van der Waals surface area contributed by atoms with Gasteiger partial charge in [0.05, 0.1) is 11.2 Å². The number of aryl methyl sites for hydroxylation is 1. The number of nitrogens with one attached hydrogen (secondary N) is 1. The Morgan fingerprint density at radius 3 is 2.52 bits per heavy atom. The highest BCUT2D eigenvalue weighted by molar-refractivity contribution is 5.87. The van der Waals surface area contributed by atoms with Crippen LogP contribution in [0.4, 0.5) is 13.2 Å². The van der Waals surface area contributed by atoms with Gasteiger partial charge < -0.3 is 9.88 Å². The van der Waals surface area contributed by atoms with Crippen LogP contribution >= 0.6 is 12.4 Å². The zero-order chi connectivity index (χ0) is 22.5. The topological polar surface area (TPSA) is 64.7 Å². The molecule has 10 heteroatoms. The van der Waals surface area contributed by atoms with E-state index in [9.17, 15) is 18.0 Å². The lowest BCUT2D eigenvalue weighted by Crippen LogP contribution is -2.17. The Morgan fingerprint density at radius 2 is 1.82 bits per heavy atom. The number of pyridine rings is 1. The normalized spacial score (nSPS) is 13.9. The van der Waals surface area contributed by atoms with E-state index in [-0.39, 0.29) is 18.0 Å². The van der Waals surface area contributed by atoms with Gasteiger partial charge in [0.1, 0.15) is 0 Å². The third kappa shape index (κ3) is 4.14. The van der Waals surface area contributed by atoms with E-state index in [1.165, 1.54) is 27.3 Å². The lowest BCUT2D eigenvalue weighted by Gasteiger charge is -2.09. The Morgan fingerprint density at radius 1 is 1.06 bits per heavy atom. The maximum Gasteiger partial charge on any atom is 0.451 e. The van der Waals surface area contributed by atoms with Crippen LogP contribution in [0.5, 0.6) is 0 Å². The summed E-state index contributed by atoms with van der Waals surface area (Å²) in [5.74, 6) is -1.21. The number of hydrogen-bond acceptors (Lipinski definition) is 4. The molecule has 0 atom stereocenters. The van der Waals surface area contributed by atoms with E-state index in [2.05, 4.69) is 19.9 Å². The minimum Gasteiger partial charge on any atom is -0.347 e. The summed E-state index contributed by atoms with van der Waals surface area (Å²) >= 11 is 0. The number of alkyl halides is 3. The number of fused-ring (bicyclic) bond motifs is 3. The maximum atomic E-state index is 12.8. The molecule has 172 valence electrons. The summed E-state index contributed by atoms with van der Waals surface area (Å²) in [5.41, 5.74) is 4.90. The van der Waals surface area contributed by atoms with Crippen molar-refractivity contribution in [2.24, 2.45) is 7.05 Å². The summed E-state index contributed by atoms with van der Waals surface area (Å²) in [6.07, 6.45) is 1.25. The van der Waals surface area contributed by atoms with Crippen LogP contribution in [0.3, 0.4) is 0 Å². The predicted octanol–water partition coefficient (Wildman–Crippen LogP) is 4.26. The third-order valence-electron chi connectivity index (χ3n) is 5.93. The second-order valence-corrected chi connectivity index (χ2v) is 7.88. The van der Waals surface area contributed by atoms with Gasteiger partial charge >= 0.3 is 6.18 Å². The molecular formula is C23H21ClF3N5O. The Hall–Kier alpha value is -3.17. The molecule has 4 aromatic rings. The fourth-order valence-electron chi connectivity index (χ4n) is 4.31. The van der Waals surface area contributed by atoms with Gasteiger partial charge in [-0.25, -0.2) is 9.97 Å². The first-order valence-electron chi connectivity index (χ1n) is 10.3. The lowest BCUT2D eigenvalue weighted by molar-refractivity contribution is -0.144. The van der Waals surface area contributed by atoms with Crippen molar-refractivity contribution in [1.29, 1.82) is 0 Å². The van der Waals surface area contributed by atoms with E-state index in [1.807, 2.05) is 25.2 Å². The Labute approximate surface area is 193 Å². The van der Waals surface area contributed by atoms with Crippen LogP contribution in [0.15, 0.2) is 53.7 Å². The summed E-state index contributed by atoms with van der Waals surface area (Å²) in [6.45, 7) is 1.83. The zero-order valence-electron chi connectivity index (χ0n) is 17.7. The summed E-state index contributed by atoms with van der Waals surface area (Å²) in [7, 11) is 2.05. The highest BCUT2D eigenvalue weighted by Crippen LogP contribution is 2.30. The van der Waals surface area contributed by atoms with E-state index in [4.69, 9.17) is 0 Å². The van der Waals surface area contributed by atoms with Crippen molar-refractivity contribution in [2.75, 3.05) is 6.54 Å². The van der Waals surface area contributed by atoms with Gasteiger partial charge in [-0.15, -0.1) is 12.4 Å². The molecule has 4 heterocycles. The quantitative estimate of drug-likeness (QED) is 0.470. The number of hydrogen-bond donors (Lipinski definition) is 1. The standard InChI is InChI=1S/C23H20F3N5O.ClH/c1-30-19-3-2-7-27-13-18(19)17-5-4-16(10-20(17)30)31-8-6-14(9-21(31)32)15-11-28-22(29-12-15)23(24,25)26;/h4-6,8-12,27H,2-3,7,13H2,1H3;1H. The number of rotatable bonds is 2. The monoisotopic (exact) mass is 475 g/mol. The van der Waals surface area contributed by atoms with Crippen molar-refractivity contribution in [3.63, 3.8) is 0 Å². The van der Waals surface area contributed by atoms with E-state index in [0.717, 1.165) is 49.5 Å². The molecule has 6 nitrogen and oxygen atoms in total. The minimum atomic E-state index is -4.61. The summed E-state index contributed by atoms with van der Waals surface area (Å²) in [4.78, 5) is 19.6. The van der Waals surface area contributed by atoms with Gasteiger partial charge in [0.2, 0.25) is 5.82 Å². The first-order chi connectivity index (χ1) is 15.3. The molecule has 1 aromatic carbocycles. The third-order valence-corrected chi connectivity index (χ3v) is 5.93. The summed E-state index contributed by atoms with van der Waals surface area (Å²) < 4.78 is 41.7. The molecule has 5 rings (SSSR count). The largest absolute Gasteiger partial charge is 0.451 e. The molecule has 0 bridgehead atoms. The molecule has 0 saturated carbocycles. The average molecular weight is 476 g/mol. The number of halogens is 4. The van der Waals surface area contributed by atoms with Gasteiger partial charge in [-0.05, 0) is 48.7 Å². The Bertz CT molecular complexity index is 1380. The van der Waals surface area contributed by atoms with Gasteiger partial charge in [-0.3, -0.25) is 9.36 Å². The van der Waals surface area contributed by atoms with Crippen LogP contribution < -0.4 is 10.9 Å². The predicted molar refractivity (Wildman–Crippen MR) is 122 cm³/mol. The SMILES string of the molecule is Cl.Cn1c2c(c3ccc(-n4ccc(-c5cnc(C(F)(F)F)nc5)cc4=O)cc31)CNCCC2. The van der Waals surface area contributed by atoms with Gasteiger partial charge in [0.15, 0.2) is 0 Å². The molecule has 1 aliphatic rings. The maximum absolute atomic E-state index is 12.8. The van der Waals surface area contributed by atoms with Gasteiger partial charge in [0, 0.05) is 54.9 Å². The van der Waals surface area contributed by atoms with Crippen LogP contribution in [0, 0.1) is 0 Å². The molecule has 33 heavy (non-hydrogen) atoms. The molecular weight excluding hydrogens is 455 g/mol. The van der Waals surface area contributed by atoms with Crippen molar-refractivity contribution in [3.8, 4) is 16.8 Å². The fourth-order valence-corrected chi connectivity index (χ4v) is 4.31. The molecule has 0 spiro atoms. The highest BCUT2D eigenvalue weighted by Gasteiger charge is 2.34. The van der Waals surface area contributed by atoms with Crippen molar-refractivity contribution < 1.29 is 13.2 Å². The molecule has 0 radical (unpaired) electrons. The molecule has 0 amide bonds. The molecule has 0 unspecified atom stereocenters. The second-order valence-electron chi connectivity index (χ2n) is 7.88. The van der Waals surface area contributed by atoms with Gasteiger partial charge in [-0.2, -0.15) is 13.2 Å². The van der Waals surface area contributed by atoms with Crippen LogP contribution in [-0.4, -0.2) is 25.6 Å². The van der Waals surface area contributed by atoms with Crippen molar-refractivity contribution in [3.05, 3.63) is 76.4 Å². The van der Waals surface area contributed by atoms with E-state index in [0.29, 0.717) is 11.1 Å². The molecule has 0 fully saturated rings. The molecule has 1 N–H and O–H groups in total.